The zero-order valence-electron chi connectivity index (χ0n) is 9.76. The molecule has 16 heavy (non-hydrogen) atoms. The molecule has 0 spiro atoms. The minimum atomic E-state index is -1.24. The molecule has 92 valence electrons. The summed E-state index contributed by atoms with van der Waals surface area (Å²) in [5.74, 6) is -0.157. The van der Waals surface area contributed by atoms with Gasteiger partial charge < -0.3 is 10.0 Å². The van der Waals surface area contributed by atoms with Gasteiger partial charge in [-0.05, 0) is 5.41 Å². The topological polar surface area (TPSA) is 40.5 Å². The van der Waals surface area contributed by atoms with Gasteiger partial charge in [0.1, 0.15) is 5.67 Å². The predicted octanol–water partition coefficient (Wildman–Crippen LogP) is 2.75. The van der Waals surface area contributed by atoms with Crippen molar-refractivity contribution in [1.29, 1.82) is 0 Å². The average Bonchev–Trinajstić information content (AvgIpc) is 2.57. The summed E-state index contributed by atoms with van der Waals surface area (Å²) in [6.45, 7) is 6.63. The van der Waals surface area contributed by atoms with Gasteiger partial charge >= 0.3 is 6.09 Å². The van der Waals surface area contributed by atoms with E-state index in [0.29, 0.717) is 18.4 Å². The summed E-state index contributed by atoms with van der Waals surface area (Å²) in [6, 6.07) is 0. The molecule has 0 aromatic rings. The van der Waals surface area contributed by atoms with Crippen molar-refractivity contribution in [2.24, 2.45) is 16.7 Å². The van der Waals surface area contributed by atoms with Gasteiger partial charge in [0, 0.05) is 29.8 Å². The van der Waals surface area contributed by atoms with Crippen molar-refractivity contribution in [2.75, 3.05) is 18.4 Å². The average molecular weight is 294 g/mol. The predicted molar refractivity (Wildman–Crippen MR) is 62.6 cm³/mol. The van der Waals surface area contributed by atoms with Crippen LogP contribution in [-0.4, -0.2) is 40.2 Å². The number of rotatable bonds is 1. The van der Waals surface area contributed by atoms with Crippen molar-refractivity contribution >= 4 is 22.0 Å². The fourth-order valence-corrected chi connectivity index (χ4v) is 4.41. The second-order valence-corrected chi connectivity index (χ2v) is 6.49. The van der Waals surface area contributed by atoms with Gasteiger partial charge in [0.15, 0.2) is 0 Å². The van der Waals surface area contributed by atoms with E-state index in [2.05, 4.69) is 15.9 Å². The highest BCUT2D eigenvalue weighted by Crippen LogP contribution is 2.75. The van der Waals surface area contributed by atoms with Gasteiger partial charge in [-0.2, -0.15) is 0 Å². The smallest absolute Gasteiger partial charge is 0.407 e. The van der Waals surface area contributed by atoms with E-state index in [4.69, 9.17) is 5.11 Å². The van der Waals surface area contributed by atoms with Crippen molar-refractivity contribution < 1.29 is 14.3 Å². The molecule has 0 unspecified atom stereocenters. The van der Waals surface area contributed by atoms with Gasteiger partial charge in [0.05, 0.1) is 0 Å². The highest BCUT2D eigenvalue weighted by atomic mass is 79.9. The zero-order valence-corrected chi connectivity index (χ0v) is 11.3. The number of carbonyl (C=O) groups is 1. The number of hydrogen-bond acceptors (Lipinski definition) is 1. The Hall–Kier alpha value is -0.320. The summed E-state index contributed by atoms with van der Waals surface area (Å²) in [6.07, 6.45) is -0.937. The fourth-order valence-electron chi connectivity index (χ4n) is 3.52. The fraction of sp³-hybridized carbons (Fsp3) is 0.909. The van der Waals surface area contributed by atoms with Crippen molar-refractivity contribution in [3.05, 3.63) is 0 Å². The third-order valence-corrected chi connectivity index (χ3v) is 5.27. The first-order chi connectivity index (χ1) is 7.20. The molecule has 1 heterocycles. The summed E-state index contributed by atoms with van der Waals surface area (Å²) in [5.41, 5.74) is -1.97. The highest BCUT2D eigenvalue weighted by Gasteiger charge is 2.84. The van der Waals surface area contributed by atoms with Crippen LogP contribution in [0.5, 0.6) is 0 Å². The Morgan fingerprint density at radius 2 is 2.19 bits per heavy atom. The maximum Gasteiger partial charge on any atom is 0.407 e. The lowest BCUT2D eigenvalue weighted by Crippen LogP contribution is -2.42. The number of alkyl halides is 2. The van der Waals surface area contributed by atoms with Gasteiger partial charge in [0.25, 0.3) is 0 Å². The lowest BCUT2D eigenvalue weighted by Gasteiger charge is -2.34. The molecule has 2 aliphatic rings. The van der Waals surface area contributed by atoms with Crippen LogP contribution in [0.2, 0.25) is 0 Å². The number of nitrogens with zero attached hydrogens (tertiary/aromatic N) is 1. The normalized spacial score (nSPS) is 42.1. The van der Waals surface area contributed by atoms with E-state index >= 15 is 0 Å². The molecular weight excluding hydrogens is 277 g/mol. The van der Waals surface area contributed by atoms with E-state index < -0.39 is 17.2 Å². The SMILES string of the molecule is CC(C)(C)[C@@]12CN(C(=O)O)C[C@H]1[C@]2(F)CBr. The van der Waals surface area contributed by atoms with Gasteiger partial charge in [-0.15, -0.1) is 0 Å². The van der Waals surface area contributed by atoms with Crippen LogP contribution in [0.25, 0.3) is 0 Å². The second kappa shape index (κ2) is 3.12. The van der Waals surface area contributed by atoms with Crippen LogP contribution in [-0.2, 0) is 0 Å². The maximum absolute atomic E-state index is 14.7. The molecule has 3 atom stereocenters. The van der Waals surface area contributed by atoms with Crippen LogP contribution >= 0.6 is 15.9 Å². The summed E-state index contributed by atoms with van der Waals surface area (Å²) >= 11 is 3.23. The van der Waals surface area contributed by atoms with Crippen molar-refractivity contribution in [3.63, 3.8) is 0 Å². The van der Waals surface area contributed by atoms with E-state index in [0.717, 1.165) is 0 Å². The lowest BCUT2D eigenvalue weighted by molar-refractivity contribution is 0.0856. The molecule has 0 aromatic heterocycles. The monoisotopic (exact) mass is 293 g/mol. The highest BCUT2D eigenvalue weighted by molar-refractivity contribution is 9.09. The molecular formula is C11H17BrFNO2. The summed E-state index contributed by atoms with van der Waals surface area (Å²) < 4.78 is 14.7. The molecule has 1 saturated carbocycles. The minimum Gasteiger partial charge on any atom is -0.465 e. The number of fused-ring (bicyclic) bond motifs is 1. The Bertz CT molecular complexity index is 343. The molecule has 2 fully saturated rings. The molecule has 1 amide bonds. The Morgan fingerprint density at radius 1 is 1.62 bits per heavy atom. The first-order valence-electron chi connectivity index (χ1n) is 5.43. The molecule has 2 rings (SSSR count). The standard InChI is InChI=1S/C11H17BrFNO2/c1-9(2,3)10-6-14(8(15)16)4-7(10)11(10,13)5-12/h7H,4-6H2,1-3H3,(H,15,16)/t7-,10-,11-/m1/s1. The Kier molecular flexibility index (Phi) is 2.37. The quantitative estimate of drug-likeness (QED) is 0.755. The Balaban J connectivity index is 2.31. The molecule has 5 heteroatoms. The third kappa shape index (κ3) is 1.15. The summed E-state index contributed by atoms with van der Waals surface area (Å²) in [4.78, 5) is 12.3. The number of amides is 1. The largest absolute Gasteiger partial charge is 0.465 e. The number of hydrogen-bond donors (Lipinski definition) is 1. The van der Waals surface area contributed by atoms with Gasteiger partial charge in [-0.3, -0.25) is 0 Å². The molecule has 1 aliphatic heterocycles. The Morgan fingerprint density at radius 3 is 2.50 bits per heavy atom. The Labute approximate surface area is 103 Å². The zero-order chi connectivity index (χ0) is 12.4. The maximum atomic E-state index is 14.7. The number of halogens is 2. The second-order valence-electron chi connectivity index (χ2n) is 5.93. The first kappa shape index (κ1) is 12.1. The molecule has 0 bridgehead atoms. The summed E-state index contributed by atoms with van der Waals surface area (Å²) in [7, 11) is 0. The van der Waals surface area contributed by atoms with Crippen LogP contribution in [0.4, 0.5) is 9.18 Å². The number of carboxylic acid groups (broad SMARTS) is 1. The van der Waals surface area contributed by atoms with Crippen LogP contribution in [0.1, 0.15) is 20.8 Å². The lowest BCUT2D eigenvalue weighted by atomic mass is 9.75. The van der Waals surface area contributed by atoms with Crippen molar-refractivity contribution in [1.82, 2.24) is 4.90 Å². The van der Waals surface area contributed by atoms with E-state index in [1.54, 1.807) is 0 Å². The van der Waals surface area contributed by atoms with E-state index in [1.807, 2.05) is 20.8 Å². The van der Waals surface area contributed by atoms with Gasteiger partial charge in [-0.25, -0.2) is 9.18 Å². The van der Waals surface area contributed by atoms with Crippen molar-refractivity contribution in [3.8, 4) is 0 Å². The first-order valence-corrected chi connectivity index (χ1v) is 6.55. The van der Waals surface area contributed by atoms with Gasteiger partial charge in [-0.1, -0.05) is 36.7 Å². The van der Waals surface area contributed by atoms with Crippen LogP contribution < -0.4 is 0 Å². The molecule has 0 aromatic carbocycles. The molecule has 1 aliphatic carbocycles. The molecule has 0 radical (unpaired) electrons. The number of likely N-dealkylation sites (tertiary alicyclic amines) is 1. The van der Waals surface area contributed by atoms with E-state index in [9.17, 15) is 9.18 Å². The third-order valence-electron chi connectivity index (χ3n) is 4.45. The number of piperidine rings is 1. The minimum absolute atomic E-state index is 0.157. The molecule has 3 nitrogen and oxygen atoms in total. The van der Waals surface area contributed by atoms with Gasteiger partial charge in [0.2, 0.25) is 0 Å². The van der Waals surface area contributed by atoms with Crippen LogP contribution in [0.15, 0.2) is 0 Å². The molecule has 1 N–H and O–H groups in total. The van der Waals surface area contributed by atoms with Crippen LogP contribution in [0, 0.1) is 16.7 Å². The van der Waals surface area contributed by atoms with Crippen molar-refractivity contribution in [2.45, 2.75) is 26.4 Å². The van der Waals surface area contributed by atoms with E-state index in [-0.39, 0.29) is 11.3 Å². The van der Waals surface area contributed by atoms with E-state index in [1.165, 1.54) is 4.90 Å². The summed E-state index contributed by atoms with van der Waals surface area (Å²) in [5, 5.41) is 9.27. The van der Waals surface area contributed by atoms with Crippen LogP contribution in [0.3, 0.4) is 0 Å². The molecule has 1 saturated heterocycles.